The van der Waals surface area contributed by atoms with Gasteiger partial charge in [-0.15, -0.1) is 0 Å². The zero-order chi connectivity index (χ0) is 22.5. The SMILES string of the molecule is CC(C)(C)OC(=O)N(Cc1cnc(N2CCN[C@@H](CO)C2)nc1)C(=O)OC(C)(C)C. The molecule has 1 aromatic heterocycles. The lowest BCUT2D eigenvalue weighted by atomic mass is 10.2. The third kappa shape index (κ3) is 7.42. The topological polar surface area (TPSA) is 117 Å². The summed E-state index contributed by atoms with van der Waals surface area (Å²) in [5, 5.41) is 12.6. The molecule has 1 aromatic rings. The van der Waals surface area contributed by atoms with Crippen LogP contribution in [0.3, 0.4) is 0 Å². The molecule has 168 valence electrons. The molecule has 10 heteroatoms. The van der Waals surface area contributed by atoms with E-state index < -0.39 is 23.4 Å². The Morgan fingerprint density at radius 2 is 1.67 bits per heavy atom. The standard InChI is InChI=1S/C20H33N5O5/c1-19(2,3)29-17(27)25(18(28)30-20(4,5)6)11-14-9-22-16(23-10-14)24-8-7-21-15(12-24)13-26/h9-10,15,21,26H,7-8,11-13H2,1-6H3/t15-/m1/s1. The van der Waals surface area contributed by atoms with Crippen LogP contribution >= 0.6 is 0 Å². The van der Waals surface area contributed by atoms with Gasteiger partial charge in [0, 0.05) is 43.6 Å². The zero-order valence-electron chi connectivity index (χ0n) is 18.6. The Kier molecular flexibility index (Phi) is 7.59. The van der Waals surface area contributed by atoms with Crippen LogP contribution in [0.4, 0.5) is 15.5 Å². The fourth-order valence-electron chi connectivity index (χ4n) is 2.74. The van der Waals surface area contributed by atoms with E-state index in [1.807, 2.05) is 4.90 Å². The van der Waals surface area contributed by atoms with E-state index >= 15 is 0 Å². The van der Waals surface area contributed by atoms with Crippen molar-refractivity contribution in [2.24, 2.45) is 0 Å². The molecule has 0 saturated carbocycles. The number of aliphatic hydroxyl groups is 1. The number of carbonyl (C=O) groups is 2. The molecule has 1 atom stereocenters. The van der Waals surface area contributed by atoms with Crippen LogP contribution in [0.5, 0.6) is 0 Å². The van der Waals surface area contributed by atoms with Gasteiger partial charge < -0.3 is 24.8 Å². The number of aliphatic hydroxyl groups excluding tert-OH is 1. The van der Waals surface area contributed by atoms with Crippen LogP contribution in [-0.2, 0) is 16.0 Å². The number of rotatable bonds is 4. The highest BCUT2D eigenvalue weighted by atomic mass is 16.6. The molecule has 0 aromatic carbocycles. The zero-order valence-corrected chi connectivity index (χ0v) is 18.6. The lowest BCUT2D eigenvalue weighted by molar-refractivity contribution is -0.000274. The number of hydrogen-bond donors (Lipinski definition) is 2. The molecule has 2 N–H and O–H groups in total. The average molecular weight is 424 g/mol. The van der Waals surface area contributed by atoms with Crippen molar-refractivity contribution in [3.8, 4) is 0 Å². The molecular weight excluding hydrogens is 390 g/mol. The largest absolute Gasteiger partial charge is 0.443 e. The molecule has 0 radical (unpaired) electrons. The van der Waals surface area contributed by atoms with Gasteiger partial charge in [-0.2, -0.15) is 0 Å². The summed E-state index contributed by atoms with van der Waals surface area (Å²) in [4.78, 5) is 36.8. The number of amides is 2. The molecule has 1 fully saturated rings. The second-order valence-corrected chi connectivity index (χ2v) is 9.22. The van der Waals surface area contributed by atoms with Crippen LogP contribution in [-0.4, -0.2) is 75.6 Å². The Hall–Kier alpha value is -2.46. The van der Waals surface area contributed by atoms with E-state index in [1.54, 1.807) is 53.9 Å². The highest BCUT2D eigenvalue weighted by Gasteiger charge is 2.31. The molecular formula is C20H33N5O5. The van der Waals surface area contributed by atoms with E-state index in [1.165, 1.54) is 0 Å². The maximum atomic E-state index is 12.6. The molecule has 1 aliphatic rings. The van der Waals surface area contributed by atoms with Crippen LogP contribution in [0.25, 0.3) is 0 Å². The average Bonchev–Trinajstić information content (AvgIpc) is 2.63. The molecule has 10 nitrogen and oxygen atoms in total. The van der Waals surface area contributed by atoms with Crippen LogP contribution in [0, 0.1) is 0 Å². The second-order valence-electron chi connectivity index (χ2n) is 9.22. The number of hydrogen-bond acceptors (Lipinski definition) is 9. The minimum absolute atomic E-state index is 0.0307. The molecule has 30 heavy (non-hydrogen) atoms. The predicted octanol–water partition coefficient (Wildman–Crippen LogP) is 1.92. The molecule has 0 bridgehead atoms. The summed E-state index contributed by atoms with van der Waals surface area (Å²) in [6.07, 6.45) is 1.54. The van der Waals surface area contributed by atoms with Crippen LogP contribution in [0.2, 0.25) is 0 Å². The van der Waals surface area contributed by atoms with Crippen molar-refractivity contribution in [3.63, 3.8) is 0 Å². The molecule has 0 spiro atoms. The molecule has 2 rings (SSSR count). The van der Waals surface area contributed by atoms with Crippen molar-refractivity contribution in [1.29, 1.82) is 0 Å². The van der Waals surface area contributed by atoms with Crippen molar-refractivity contribution in [3.05, 3.63) is 18.0 Å². The molecule has 1 saturated heterocycles. The Balaban J connectivity index is 2.14. The minimum atomic E-state index is -0.797. The first-order chi connectivity index (χ1) is 13.9. The van der Waals surface area contributed by atoms with Gasteiger partial charge in [-0.25, -0.2) is 24.5 Å². The van der Waals surface area contributed by atoms with Crippen molar-refractivity contribution < 1.29 is 24.2 Å². The van der Waals surface area contributed by atoms with E-state index in [0.29, 0.717) is 18.1 Å². The summed E-state index contributed by atoms with van der Waals surface area (Å²) < 4.78 is 10.7. The molecule has 2 heterocycles. The number of piperazine rings is 1. The third-order valence-electron chi connectivity index (χ3n) is 4.02. The van der Waals surface area contributed by atoms with Crippen LogP contribution in [0.15, 0.2) is 12.4 Å². The van der Waals surface area contributed by atoms with Gasteiger partial charge in [0.05, 0.1) is 13.2 Å². The molecule has 2 amide bonds. The van der Waals surface area contributed by atoms with Gasteiger partial charge in [-0.05, 0) is 41.5 Å². The molecule has 0 unspecified atom stereocenters. The fourth-order valence-corrected chi connectivity index (χ4v) is 2.74. The summed E-state index contributed by atoms with van der Waals surface area (Å²) in [6.45, 7) is 12.3. The lowest BCUT2D eigenvalue weighted by Crippen LogP contribution is -2.52. The second kappa shape index (κ2) is 9.57. The number of ether oxygens (including phenoxy) is 2. The van der Waals surface area contributed by atoms with Gasteiger partial charge in [0.1, 0.15) is 11.2 Å². The third-order valence-corrected chi connectivity index (χ3v) is 4.02. The van der Waals surface area contributed by atoms with Gasteiger partial charge >= 0.3 is 12.2 Å². The van der Waals surface area contributed by atoms with E-state index in [-0.39, 0.29) is 19.2 Å². The maximum absolute atomic E-state index is 12.6. The number of aromatic nitrogens is 2. The molecule has 0 aliphatic carbocycles. The quantitative estimate of drug-likeness (QED) is 0.749. The first-order valence-electron chi connectivity index (χ1n) is 10.0. The van der Waals surface area contributed by atoms with E-state index in [4.69, 9.17) is 9.47 Å². The Morgan fingerprint density at radius 1 is 1.13 bits per heavy atom. The fraction of sp³-hybridized carbons (Fsp3) is 0.700. The smallest absolute Gasteiger partial charge is 0.420 e. The van der Waals surface area contributed by atoms with Crippen molar-refractivity contribution >= 4 is 18.1 Å². The van der Waals surface area contributed by atoms with Crippen LogP contribution in [0.1, 0.15) is 47.1 Å². The Labute approximate surface area is 177 Å². The van der Waals surface area contributed by atoms with Gasteiger partial charge in [-0.3, -0.25) is 0 Å². The first-order valence-corrected chi connectivity index (χ1v) is 10.0. The van der Waals surface area contributed by atoms with Gasteiger partial charge in [0.2, 0.25) is 5.95 Å². The van der Waals surface area contributed by atoms with Gasteiger partial charge in [-0.1, -0.05) is 0 Å². The summed E-state index contributed by atoms with van der Waals surface area (Å²) >= 11 is 0. The summed E-state index contributed by atoms with van der Waals surface area (Å²) in [5.41, 5.74) is -0.962. The van der Waals surface area contributed by atoms with E-state index in [9.17, 15) is 14.7 Å². The number of anilines is 1. The van der Waals surface area contributed by atoms with Crippen molar-refractivity contribution in [2.75, 3.05) is 31.1 Å². The summed E-state index contributed by atoms with van der Waals surface area (Å²) in [6, 6.07) is -0.0307. The van der Waals surface area contributed by atoms with Gasteiger partial charge in [0.25, 0.3) is 0 Å². The van der Waals surface area contributed by atoms with Crippen molar-refractivity contribution in [1.82, 2.24) is 20.2 Å². The van der Waals surface area contributed by atoms with E-state index in [0.717, 1.165) is 18.0 Å². The lowest BCUT2D eigenvalue weighted by Gasteiger charge is -2.32. The molecule has 1 aliphatic heterocycles. The normalized spacial score (nSPS) is 17.4. The summed E-state index contributed by atoms with van der Waals surface area (Å²) in [7, 11) is 0. The monoisotopic (exact) mass is 423 g/mol. The number of nitrogens with zero attached hydrogens (tertiary/aromatic N) is 4. The maximum Gasteiger partial charge on any atom is 0.420 e. The van der Waals surface area contributed by atoms with Gasteiger partial charge in [0.15, 0.2) is 0 Å². The number of carbonyl (C=O) groups excluding carboxylic acids is 2. The number of nitrogens with one attached hydrogen (secondary N) is 1. The van der Waals surface area contributed by atoms with Crippen molar-refractivity contribution in [2.45, 2.75) is 65.3 Å². The summed E-state index contributed by atoms with van der Waals surface area (Å²) in [5.74, 6) is 0.528. The predicted molar refractivity (Wildman–Crippen MR) is 111 cm³/mol. The van der Waals surface area contributed by atoms with E-state index in [2.05, 4.69) is 15.3 Å². The highest BCUT2D eigenvalue weighted by Crippen LogP contribution is 2.17. The number of imide groups is 1. The van der Waals surface area contributed by atoms with Crippen LogP contribution < -0.4 is 10.2 Å². The Bertz CT molecular complexity index is 699. The Morgan fingerprint density at radius 3 is 2.13 bits per heavy atom. The minimum Gasteiger partial charge on any atom is -0.443 e. The highest BCUT2D eigenvalue weighted by molar-refractivity contribution is 5.88. The first kappa shape index (κ1) is 23.8.